The van der Waals surface area contributed by atoms with Gasteiger partial charge in [0.1, 0.15) is 5.75 Å². The molecule has 0 atom stereocenters. The molecule has 1 heterocycles. The number of hydrogen-bond donors (Lipinski definition) is 1. The molecule has 0 amide bonds. The summed E-state index contributed by atoms with van der Waals surface area (Å²) in [6.45, 7) is 1.99. The van der Waals surface area contributed by atoms with Crippen LogP contribution in [0.25, 0.3) is 22.4 Å². The predicted octanol–water partition coefficient (Wildman–Crippen LogP) is 3.46. The first-order valence-corrected chi connectivity index (χ1v) is 9.28. The highest BCUT2D eigenvalue weighted by molar-refractivity contribution is 7.90. The number of benzene rings is 2. The van der Waals surface area contributed by atoms with Crippen molar-refractivity contribution in [1.82, 2.24) is 10.2 Å². The summed E-state index contributed by atoms with van der Waals surface area (Å²) < 4.78 is 28.5. The number of aromatic nitrogens is 2. The molecule has 3 rings (SSSR count). The summed E-state index contributed by atoms with van der Waals surface area (Å²) in [7, 11) is -1.56. The molecule has 24 heavy (non-hydrogen) atoms. The third-order valence-corrected chi connectivity index (χ3v) is 5.04. The largest absolute Gasteiger partial charge is 0.496 e. The van der Waals surface area contributed by atoms with Crippen molar-refractivity contribution >= 4 is 9.84 Å². The highest BCUT2D eigenvalue weighted by atomic mass is 32.2. The van der Waals surface area contributed by atoms with Crippen LogP contribution in [0, 0.1) is 6.92 Å². The van der Waals surface area contributed by atoms with Gasteiger partial charge >= 0.3 is 0 Å². The van der Waals surface area contributed by atoms with Gasteiger partial charge in [0.15, 0.2) is 9.84 Å². The number of methoxy groups -OCH3 is 1. The van der Waals surface area contributed by atoms with Gasteiger partial charge in [0, 0.05) is 17.4 Å². The number of sulfone groups is 1. The fourth-order valence-electron chi connectivity index (χ4n) is 2.64. The van der Waals surface area contributed by atoms with E-state index in [1.807, 2.05) is 25.1 Å². The lowest BCUT2D eigenvalue weighted by atomic mass is 10.00. The topological polar surface area (TPSA) is 72.0 Å². The summed E-state index contributed by atoms with van der Waals surface area (Å²) in [6, 6.07) is 12.7. The summed E-state index contributed by atoms with van der Waals surface area (Å²) in [4.78, 5) is 0.299. The third-order valence-electron chi connectivity index (χ3n) is 3.92. The summed E-state index contributed by atoms with van der Waals surface area (Å²) in [5, 5.41) is 7.14. The normalized spacial score (nSPS) is 11.5. The van der Waals surface area contributed by atoms with Crippen molar-refractivity contribution < 1.29 is 13.2 Å². The fourth-order valence-corrected chi connectivity index (χ4v) is 3.27. The van der Waals surface area contributed by atoms with E-state index in [2.05, 4.69) is 10.2 Å². The lowest BCUT2D eigenvalue weighted by Gasteiger charge is -2.08. The predicted molar refractivity (Wildman–Crippen MR) is 93.9 cm³/mol. The van der Waals surface area contributed by atoms with E-state index in [-0.39, 0.29) is 0 Å². The molecule has 0 radical (unpaired) electrons. The van der Waals surface area contributed by atoms with E-state index in [1.165, 1.54) is 6.26 Å². The highest BCUT2D eigenvalue weighted by Gasteiger charge is 2.13. The molecule has 0 bridgehead atoms. The molecule has 0 aliphatic carbocycles. The number of rotatable bonds is 4. The minimum atomic E-state index is -3.20. The van der Waals surface area contributed by atoms with E-state index in [4.69, 9.17) is 4.74 Å². The zero-order chi connectivity index (χ0) is 17.3. The molecule has 0 unspecified atom stereocenters. The smallest absolute Gasteiger partial charge is 0.175 e. The number of nitrogens with zero attached hydrogens (tertiary/aromatic N) is 1. The second-order valence-electron chi connectivity index (χ2n) is 5.64. The Morgan fingerprint density at radius 2 is 1.71 bits per heavy atom. The van der Waals surface area contributed by atoms with Gasteiger partial charge in [0.05, 0.1) is 23.9 Å². The second kappa shape index (κ2) is 6.13. The quantitative estimate of drug-likeness (QED) is 0.788. The first-order chi connectivity index (χ1) is 11.4. The molecule has 1 N–H and O–H groups in total. The number of hydrogen-bond acceptors (Lipinski definition) is 4. The number of H-pyrrole nitrogens is 1. The molecule has 0 spiro atoms. The molecule has 0 aliphatic heterocycles. The molecule has 0 saturated heterocycles. The lowest BCUT2D eigenvalue weighted by molar-refractivity contribution is 0.412. The van der Waals surface area contributed by atoms with Crippen LogP contribution < -0.4 is 4.74 Å². The second-order valence-corrected chi connectivity index (χ2v) is 7.66. The number of nitrogens with one attached hydrogen (secondary N) is 1. The van der Waals surface area contributed by atoms with Crippen LogP contribution in [0.15, 0.2) is 53.6 Å². The van der Waals surface area contributed by atoms with Crippen molar-refractivity contribution in [3.8, 4) is 28.1 Å². The van der Waals surface area contributed by atoms with Gasteiger partial charge in [-0.1, -0.05) is 18.2 Å². The number of aryl methyl sites for hydroxylation is 1. The van der Waals surface area contributed by atoms with Crippen LogP contribution >= 0.6 is 0 Å². The fraction of sp³-hybridized carbons (Fsp3) is 0.167. The Morgan fingerprint density at radius 1 is 1.04 bits per heavy atom. The van der Waals surface area contributed by atoms with Gasteiger partial charge in [-0.05, 0) is 42.3 Å². The van der Waals surface area contributed by atoms with Crippen molar-refractivity contribution in [3.63, 3.8) is 0 Å². The SMILES string of the molecule is COc1ccc(-c2cn[nH]c2-c2ccc(S(C)(=O)=O)cc2)cc1C. The van der Waals surface area contributed by atoms with Crippen LogP contribution in [0.5, 0.6) is 5.75 Å². The molecule has 0 saturated carbocycles. The van der Waals surface area contributed by atoms with Gasteiger partial charge in [-0.2, -0.15) is 5.10 Å². The summed E-state index contributed by atoms with van der Waals surface area (Å²) >= 11 is 0. The van der Waals surface area contributed by atoms with E-state index in [0.717, 1.165) is 33.7 Å². The molecule has 0 fully saturated rings. The van der Waals surface area contributed by atoms with Gasteiger partial charge < -0.3 is 4.74 Å². The van der Waals surface area contributed by atoms with Crippen molar-refractivity contribution in [2.24, 2.45) is 0 Å². The Hall–Kier alpha value is -2.60. The molecular weight excluding hydrogens is 324 g/mol. The Kier molecular flexibility index (Phi) is 4.15. The van der Waals surface area contributed by atoms with Crippen LogP contribution in [0.4, 0.5) is 0 Å². The molecule has 2 aromatic carbocycles. The average molecular weight is 342 g/mol. The minimum Gasteiger partial charge on any atom is -0.496 e. The maximum Gasteiger partial charge on any atom is 0.175 e. The van der Waals surface area contributed by atoms with Crippen molar-refractivity contribution in [2.75, 3.05) is 13.4 Å². The van der Waals surface area contributed by atoms with Crippen molar-refractivity contribution in [3.05, 3.63) is 54.2 Å². The monoisotopic (exact) mass is 342 g/mol. The standard InChI is InChI=1S/C18H18N2O3S/c1-12-10-14(6-9-17(12)23-2)16-11-19-20-18(16)13-4-7-15(8-5-13)24(3,21)22/h4-11H,1-3H3,(H,19,20). The number of ether oxygens (including phenoxy) is 1. The van der Waals surface area contributed by atoms with Crippen LogP contribution in [0.2, 0.25) is 0 Å². The lowest BCUT2D eigenvalue weighted by Crippen LogP contribution is -1.96. The highest BCUT2D eigenvalue weighted by Crippen LogP contribution is 2.33. The van der Waals surface area contributed by atoms with Crippen molar-refractivity contribution in [1.29, 1.82) is 0 Å². The van der Waals surface area contributed by atoms with Crippen LogP contribution in [0.1, 0.15) is 5.56 Å². The molecule has 5 nitrogen and oxygen atoms in total. The van der Waals surface area contributed by atoms with E-state index in [1.54, 1.807) is 37.6 Å². The Morgan fingerprint density at radius 3 is 2.29 bits per heavy atom. The molecule has 1 aromatic heterocycles. The van der Waals surface area contributed by atoms with Gasteiger partial charge in [0.2, 0.25) is 0 Å². The third kappa shape index (κ3) is 3.05. The molecule has 124 valence electrons. The summed E-state index contributed by atoms with van der Waals surface area (Å²) in [5.41, 5.74) is 4.73. The zero-order valence-corrected chi connectivity index (χ0v) is 14.5. The Balaban J connectivity index is 2.03. The van der Waals surface area contributed by atoms with E-state index in [0.29, 0.717) is 4.90 Å². The zero-order valence-electron chi connectivity index (χ0n) is 13.7. The maximum absolute atomic E-state index is 11.6. The van der Waals surface area contributed by atoms with Crippen LogP contribution in [-0.2, 0) is 9.84 Å². The molecular formula is C18H18N2O3S. The van der Waals surface area contributed by atoms with Crippen molar-refractivity contribution in [2.45, 2.75) is 11.8 Å². The first kappa shape index (κ1) is 16.3. The Bertz CT molecular complexity index is 974. The van der Waals surface area contributed by atoms with Gasteiger partial charge in [-0.25, -0.2) is 8.42 Å². The van der Waals surface area contributed by atoms with Crippen LogP contribution in [0.3, 0.4) is 0 Å². The minimum absolute atomic E-state index is 0.299. The summed E-state index contributed by atoms with van der Waals surface area (Å²) in [6.07, 6.45) is 2.96. The number of aromatic amines is 1. The van der Waals surface area contributed by atoms with Gasteiger partial charge in [-0.15, -0.1) is 0 Å². The molecule has 6 heteroatoms. The molecule has 0 aliphatic rings. The van der Waals surface area contributed by atoms with E-state index >= 15 is 0 Å². The molecule has 3 aromatic rings. The van der Waals surface area contributed by atoms with E-state index in [9.17, 15) is 8.42 Å². The summed E-state index contributed by atoms with van der Waals surface area (Å²) in [5.74, 6) is 0.835. The first-order valence-electron chi connectivity index (χ1n) is 7.39. The Labute approximate surface area is 141 Å². The van der Waals surface area contributed by atoms with Gasteiger partial charge in [-0.3, -0.25) is 5.10 Å². The maximum atomic E-state index is 11.6. The van der Waals surface area contributed by atoms with Crippen LogP contribution in [-0.4, -0.2) is 32.0 Å². The van der Waals surface area contributed by atoms with E-state index < -0.39 is 9.84 Å². The average Bonchev–Trinajstić information content (AvgIpc) is 3.03. The van der Waals surface area contributed by atoms with Gasteiger partial charge in [0.25, 0.3) is 0 Å².